The zero-order valence-corrected chi connectivity index (χ0v) is 18.6. The Balaban J connectivity index is 1.83. The van der Waals surface area contributed by atoms with Gasteiger partial charge in [0.1, 0.15) is 5.76 Å². The van der Waals surface area contributed by atoms with Crippen molar-refractivity contribution in [1.29, 1.82) is 0 Å². The number of nitrogens with zero attached hydrogens (tertiary/aromatic N) is 1. The zero-order chi connectivity index (χ0) is 23.5. The molecule has 1 saturated heterocycles. The number of aliphatic hydroxyl groups excluding tert-OH is 1. The second-order valence-electron chi connectivity index (χ2n) is 7.52. The number of ketones is 1. The first-order valence-electron chi connectivity index (χ1n) is 10.4. The summed E-state index contributed by atoms with van der Waals surface area (Å²) in [5.41, 5.74) is 0.940. The number of hydrogen-bond donors (Lipinski definition) is 1. The van der Waals surface area contributed by atoms with E-state index < -0.39 is 17.7 Å². The molecule has 1 unspecified atom stereocenters. The second kappa shape index (κ2) is 9.41. The fourth-order valence-corrected chi connectivity index (χ4v) is 4.06. The molecule has 9 nitrogen and oxygen atoms in total. The lowest BCUT2D eigenvalue weighted by Gasteiger charge is -2.26. The maximum Gasteiger partial charge on any atom is 0.295 e. The molecule has 0 aromatic heterocycles. The number of methoxy groups -OCH3 is 3. The van der Waals surface area contributed by atoms with Crippen molar-refractivity contribution in [3.05, 3.63) is 53.1 Å². The molecule has 0 spiro atoms. The summed E-state index contributed by atoms with van der Waals surface area (Å²) < 4.78 is 26.5. The molecule has 9 heteroatoms. The molecular formula is C24H25NO8. The molecule has 2 heterocycles. The quantitative estimate of drug-likeness (QED) is 0.281. The number of Topliss-reactive ketones (excluding diaryl/α,β-unsaturated/α-hetero) is 1. The van der Waals surface area contributed by atoms with Gasteiger partial charge in [0.2, 0.25) is 6.79 Å². The molecular weight excluding hydrogens is 430 g/mol. The third-order valence-corrected chi connectivity index (χ3v) is 5.66. The fraction of sp³-hybridized carbons (Fsp3) is 0.333. The Hall–Kier alpha value is -3.72. The highest BCUT2D eigenvalue weighted by atomic mass is 16.7. The van der Waals surface area contributed by atoms with E-state index in [1.807, 2.05) is 0 Å². The number of likely N-dealkylation sites (tertiary alicyclic amines) is 1. The average Bonchev–Trinajstić information content (AvgIpc) is 3.41. The molecule has 1 amide bonds. The lowest BCUT2D eigenvalue weighted by Crippen LogP contribution is -2.31. The molecule has 33 heavy (non-hydrogen) atoms. The van der Waals surface area contributed by atoms with Gasteiger partial charge in [-0.25, -0.2) is 0 Å². The van der Waals surface area contributed by atoms with Crippen LogP contribution in [0.5, 0.6) is 23.0 Å². The Morgan fingerprint density at radius 1 is 1.03 bits per heavy atom. The summed E-state index contributed by atoms with van der Waals surface area (Å²) in [4.78, 5) is 27.5. The molecule has 0 aliphatic carbocycles. The number of carbonyl (C=O) groups is 2. The van der Waals surface area contributed by atoms with Crippen LogP contribution in [0.25, 0.3) is 5.76 Å². The van der Waals surface area contributed by atoms with Crippen LogP contribution in [0, 0.1) is 0 Å². The van der Waals surface area contributed by atoms with Gasteiger partial charge in [0.25, 0.3) is 11.7 Å². The minimum Gasteiger partial charge on any atom is -0.507 e. The van der Waals surface area contributed by atoms with Crippen molar-refractivity contribution < 1.29 is 38.4 Å². The van der Waals surface area contributed by atoms with Crippen LogP contribution in [0.2, 0.25) is 0 Å². The van der Waals surface area contributed by atoms with Gasteiger partial charge in [-0.15, -0.1) is 0 Å². The van der Waals surface area contributed by atoms with E-state index in [0.29, 0.717) is 47.2 Å². The highest BCUT2D eigenvalue weighted by molar-refractivity contribution is 6.46. The standard InChI is InChI=1S/C24H25NO8/c1-29-10-4-9-25-21(14-5-7-16(30-2)18(11-14)31-3)20(23(27)24(25)28)22(26)15-6-8-17-19(12-15)33-13-32-17/h5-8,11-12,21,26H,4,9-10,13H2,1-3H3/b22-20+. The Labute approximate surface area is 191 Å². The molecule has 2 aromatic carbocycles. The van der Waals surface area contributed by atoms with Crippen molar-refractivity contribution >= 4 is 17.4 Å². The van der Waals surface area contributed by atoms with E-state index in [9.17, 15) is 14.7 Å². The monoisotopic (exact) mass is 455 g/mol. The smallest absolute Gasteiger partial charge is 0.295 e. The van der Waals surface area contributed by atoms with E-state index >= 15 is 0 Å². The molecule has 1 atom stereocenters. The number of fused-ring (bicyclic) bond motifs is 1. The van der Waals surface area contributed by atoms with Crippen LogP contribution < -0.4 is 18.9 Å². The summed E-state index contributed by atoms with van der Waals surface area (Å²) in [5, 5.41) is 11.2. The molecule has 2 aliphatic heterocycles. The maximum atomic E-state index is 13.1. The van der Waals surface area contributed by atoms with E-state index in [-0.39, 0.29) is 24.7 Å². The topological polar surface area (TPSA) is 104 Å². The van der Waals surface area contributed by atoms with E-state index in [0.717, 1.165) is 0 Å². The van der Waals surface area contributed by atoms with Gasteiger partial charge < -0.3 is 33.7 Å². The van der Waals surface area contributed by atoms with Gasteiger partial charge in [-0.3, -0.25) is 9.59 Å². The zero-order valence-electron chi connectivity index (χ0n) is 18.6. The SMILES string of the molecule is COCCCN1C(=O)C(=O)/C(=C(/O)c2ccc3c(c2)OCO3)C1c1ccc(OC)c(OC)c1. The minimum atomic E-state index is -0.813. The normalized spacial score (nSPS) is 18.6. The predicted octanol–water partition coefficient (Wildman–Crippen LogP) is 2.89. The maximum absolute atomic E-state index is 13.1. The van der Waals surface area contributed by atoms with Gasteiger partial charge in [0, 0.05) is 25.8 Å². The first-order chi connectivity index (χ1) is 16.0. The molecule has 0 saturated carbocycles. The van der Waals surface area contributed by atoms with E-state index in [2.05, 4.69) is 0 Å². The number of aliphatic hydroxyl groups is 1. The van der Waals surface area contributed by atoms with Crippen molar-refractivity contribution in [1.82, 2.24) is 4.90 Å². The highest BCUT2D eigenvalue weighted by Gasteiger charge is 2.46. The van der Waals surface area contributed by atoms with Gasteiger partial charge in [-0.05, 0) is 42.3 Å². The summed E-state index contributed by atoms with van der Waals surface area (Å²) in [7, 11) is 4.59. The second-order valence-corrected chi connectivity index (χ2v) is 7.52. The van der Waals surface area contributed by atoms with Gasteiger partial charge >= 0.3 is 0 Å². The Morgan fingerprint density at radius 3 is 2.52 bits per heavy atom. The van der Waals surface area contributed by atoms with Crippen molar-refractivity contribution in [2.45, 2.75) is 12.5 Å². The van der Waals surface area contributed by atoms with Crippen molar-refractivity contribution in [3.8, 4) is 23.0 Å². The summed E-state index contributed by atoms with van der Waals surface area (Å²) in [5.74, 6) is 0.212. The van der Waals surface area contributed by atoms with Crippen LogP contribution in [0.1, 0.15) is 23.6 Å². The number of rotatable bonds is 8. The number of ether oxygens (including phenoxy) is 5. The fourth-order valence-electron chi connectivity index (χ4n) is 4.06. The molecule has 4 rings (SSSR count). The van der Waals surface area contributed by atoms with Crippen LogP contribution in [0.4, 0.5) is 0 Å². The van der Waals surface area contributed by atoms with Crippen molar-refractivity contribution in [2.24, 2.45) is 0 Å². The number of amides is 1. The van der Waals surface area contributed by atoms with Crippen molar-refractivity contribution in [2.75, 3.05) is 41.3 Å². The molecule has 174 valence electrons. The summed E-state index contributed by atoms with van der Waals surface area (Å²) in [6, 6.07) is 9.18. The van der Waals surface area contributed by atoms with Gasteiger partial charge in [0.15, 0.2) is 23.0 Å². The van der Waals surface area contributed by atoms with E-state index in [1.165, 1.54) is 19.1 Å². The molecule has 0 radical (unpaired) electrons. The average molecular weight is 455 g/mol. The molecule has 0 bridgehead atoms. The van der Waals surface area contributed by atoms with E-state index in [4.69, 9.17) is 23.7 Å². The number of carbonyl (C=O) groups excluding carboxylic acids is 2. The largest absolute Gasteiger partial charge is 0.507 e. The summed E-state index contributed by atoms with van der Waals surface area (Å²) in [6.45, 7) is 0.772. The van der Waals surface area contributed by atoms with E-state index in [1.54, 1.807) is 43.5 Å². The number of benzene rings is 2. The molecule has 2 aliphatic rings. The van der Waals surface area contributed by atoms with Crippen LogP contribution in [-0.2, 0) is 14.3 Å². The van der Waals surface area contributed by atoms with Gasteiger partial charge in [0.05, 0.1) is 25.8 Å². The first kappa shape index (κ1) is 22.5. The predicted molar refractivity (Wildman–Crippen MR) is 118 cm³/mol. The third-order valence-electron chi connectivity index (χ3n) is 5.66. The van der Waals surface area contributed by atoms with Crippen LogP contribution in [0.15, 0.2) is 42.0 Å². The van der Waals surface area contributed by atoms with Crippen molar-refractivity contribution in [3.63, 3.8) is 0 Å². The molecule has 1 N–H and O–H groups in total. The van der Waals surface area contributed by atoms with Crippen LogP contribution in [0.3, 0.4) is 0 Å². The molecule has 2 aromatic rings. The summed E-state index contributed by atoms with van der Waals surface area (Å²) >= 11 is 0. The van der Waals surface area contributed by atoms with Gasteiger partial charge in [-0.1, -0.05) is 6.07 Å². The van der Waals surface area contributed by atoms with Crippen LogP contribution >= 0.6 is 0 Å². The molecule has 1 fully saturated rings. The van der Waals surface area contributed by atoms with Crippen LogP contribution in [-0.4, -0.2) is 63.0 Å². The minimum absolute atomic E-state index is 0.0106. The lowest BCUT2D eigenvalue weighted by molar-refractivity contribution is -0.140. The number of hydrogen-bond acceptors (Lipinski definition) is 8. The van der Waals surface area contributed by atoms with Gasteiger partial charge in [-0.2, -0.15) is 0 Å². The Bertz CT molecular complexity index is 1110. The third kappa shape index (κ3) is 4.07. The highest BCUT2D eigenvalue weighted by Crippen LogP contribution is 2.43. The summed E-state index contributed by atoms with van der Waals surface area (Å²) in [6.07, 6.45) is 0.525. The lowest BCUT2D eigenvalue weighted by atomic mass is 9.94. The Morgan fingerprint density at radius 2 is 1.79 bits per heavy atom. The first-order valence-corrected chi connectivity index (χ1v) is 10.4. The Kier molecular flexibility index (Phi) is 6.41.